The number of carbonyl (C=O) groups is 2. The molecule has 32 heavy (non-hydrogen) atoms. The van der Waals surface area contributed by atoms with E-state index in [1.807, 2.05) is 35.2 Å². The largest absolute Gasteiger partial charge is 0.341 e. The van der Waals surface area contributed by atoms with Gasteiger partial charge in [0.25, 0.3) is 0 Å². The number of nitrogens with zero attached hydrogens (tertiary/aromatic N) is 4. The molecule has 1 aliphatic heterocycles. The van der Waals surface area contributed by atoms with Crippen LogP contribution in [0, 0.1) is 18.3 Å². The van der Waals surface area contributed by atoms with Crippen molar-refractivity contribution in [3.05, 3.63) is 65.7 Å². The van der Waals surface area contributed by atoms with Crippen molar-refractivity contribution in [2.24, 2.45) is 0 Å². The summed E-state index contributed by atoms with van der Waals surface area (Å²) in [5, 5.41) is 8.94. The number of benzene rings is 2. The summed E-state index contributed by atoms with van der Waals surface area (Å²) < 4.78 is 0. The normalized spacial score (nSPS) is 14.4. The number of anilines is 1. The lowest BCUT2D eigenvalue weighted by Gasteiger charge is -2.24. The third kappa shape index (κ3) is 6.66. The first-order valence-corrected chi connectivity index (χ1v) is 11.4. The number of aryl methyl sites for hydroxylation is 1. The van der Waals surface area contributed by atoms with Gasteiger partial charge in [-0.2, -0.15) is 5.26 Å². The second kappa shape index (κ2) is 12.0. The van der Waals surface area contributed by atoms with Crippen LogP contribution in [0.25, 0.3) is 0 Å². The van der Waals surface area contributed by atoms with Crippen molar-refractivity contribution in [3.8, 4) is 6.07 Å². The summed E-state index contributed by atoms with van der Waals surface area (Å²) in [6.45, 7) is 6.60. The lowest BCUT2D eigenvalue weighted by molar-refractivity contribution is -0.133. The first-order chi connectivity index (χ1) is 15.6. The number of nitriles is 1. The van der Waals surface area contributed by atoms with Gasteiger partial charge in [-0.05, 0) is 36.6 Å². The van der Waals surface area contributed by atoms with Crippen molar-refractivity contribution in [2.75, 3.05) is 37.6 Å². The molecule has 0 bridgehead atoms. The molecule has 168 valence electrons. The molecule has 2 amide bonds. The quantitative estimate of drug-likeness (QED) is 0.637. The smallest absolute Gasteiger partial charge is 0.227 e. The van der Waals surface area contributed by atoms with Gasteiger partial charge in [-0.15, -0.1) is 0 Å². The summed E-state index contributed by atoms with van der Waals surface area (Å²) in [6.07, 6.45) is 1.55. The van der Waals surface area contributed by atoms with Gasteiger partial charge in [0.15, 0.2) is 0 Å². The van der Waals surface area contributed by atoms with E-state index in [4.69, 9.17) is 5.26 Å². The van der Waals surface area contributed by atoms with E-state index in [2.05, 4.69) is 42.2 Å². The van der Waals surface area contributed by atoms with Crippen molar-refractivity contribution >= 4 is 17.5 Å². The van der Waals surface area contributed by atoms with Gasteiger partial charge in [0.05, 0.1) is 12.5 Å². The van der Waals surface area contributed by atoms with Crippen LogP contribution in [0.15, 0.2) is 54.6 Å². The fraction of sp³-hybridized carbons (Fsp3) is 0.423. The molecule has 0 unspecified atom stereocenters. The van der Waals surface area contributed by atoms with Crippen LogP contribution in [0.3, 0.4) is 0 Å². The van der Waals surface area contributed by atoms with Crippen LogP contribution in [-0.2, 0) is 16.1 Å². The monoisotopic (exact) mass is 432 g/mol. The Morgan fingerprint density at radius 3 is 2.47 bits per heavy atom. The number of rotatable bonds is 8. The van der Waals surface area contributed by atoms with E-state index in [0.29, 0.717) is 13.1 Å². The molecule has 1 aliphatic rings. The standard InChI is InChI=1S/C26H32N4O2/c1-22-9-5-6-10-23(22)21-28-16-8-17-29(20-19-28)25(31)13-14-26(32)30(18-7-15-27)24-11-3-2-4-12-24/h2-6,9-12H,7-8,13-14,16-21H2,1H3. The highest BCUT2D eigenvalue weighted by Gasteiger charge is 2.22. The molecule has 0 saturated carbocycles. The molecule has 0 N–H and O–H groups in total. The van der Waals surface area contributed by atoms with Crippen LogP contribution in [0.4, 0.5) is 5.69 Å². The maximum Gasteiger partial charge on any atom is 0.227 e. The summed E-state index contributed by atoms with van der Waals surface area (Å²) >= 11 is 0. The van der Waals surface area contributed by atoms with E-state index in [-0.39, 0.29) is 31.1 Å². The molecule has 0 aliphatic carbocycles. The SMILES string of the molecule is Cc1ccccc1CN1CCCN(C(=O)CCC(=O)N(CCC#N)c2ccccc2)CC1. The van der Waals surface area contributed by atoms with Gasteiger partial charge in [0.1, 0.15) is 0 Å². The molecule has 1 heterocycles. The Labute approximate surface area is 191 Å². The molecule has 1 saturated heterocycles. The molecule has 1 fully saturated rings. The summed E-state index contributed by atoms with van der Waals surface area (Å²) in [6, 6.07) is 19.9. The van der Waals surface area contributed by atoms with E-state index in [9.17, 15) is 9.59 Å². The fourth-order valence-electron chi connectivity index (χ4n) is 4.08. The van der Waals surface area contributed by atoms with Gasteiger partial charge in [-0.25, -0.2) is 0 Å². The summed E-state index contributed by atoms with van der Waals surface area (Å²) in [4.78, 5) is 31.6. The molecular weight excluding hydrogens is 400 g/mol. The Bertz CT molecular complexity index is 938. The molecule has 3 rings (SSSR count). The van der Waals surface area contributed by atoms with Crippen molar-refractivity contribution in [3.63, 3.8) is 0 Å². The minimum atomic E-state index is -0.115. The van der Waals surface area contributed by atoms with Gasteiger partial charge < -0.3 is 9.80 Å². The van der Waals surface area contributed by atoms with Crippen LogP contribution >= 0.6 is 0 Å². The predicted molar refractivity (Wildman–Crippen MR) is 126 cm³/mol. The third-order valence-corrected chi connectivity index (χ3v) is 5.97. The third-order valence-electron chi connectivity index (χ3n) is 5.97. The van der Waals surface area contributed by atoms with E-state index >= 15 is 0 Å². The van der Waals surface area contributed by atoms with E-state index in [1.165, 1.54) is 11.1 Å². The minimum absolute atomic E-state index is 0.0318. The molecular formula is C26H32N4O2. The van der Waals surface area contributed by atoms with Crippen LogP contribution < -0.4 is 4.90 Å². The second-order valence-corrected chi connectivity index (χ2v) is 8.23. The number of para-hydroxylation sites is 1. The van der Waals surface area contributed by atoms with Crippen molar-refractivity contribution < 1.29 is 9.59 Å². The molecule has 6 heteroatoms. The van der Waals surface area contributed by atoms with Gasteiger partial charge in [-0.3, -0.25) is 14.5 Å². The Hall–Kier alpha value is -3.17. The number of carbonyl (C=O) groups excluding carboxylic acids is 2. The number of hydrogen-bond acceptors (Lipinski definition) is 4. The van der Waals surface area contributed by atoms with Gasteiger partial charge in [-0.1, -0.05) is 42.5 Å². The van der Waals surface area contributed by atoms with Crippen molar-refractivity contribution in [1.82, 2.24) is 9.80 Å². The molecule has 2 aromatic rings. The predicted octanol–water partition coefficient (Wildman–Crippen LogP) is 3.76. The summed E-state index contributed by atoms with van der Waals surface area (Å²) in [5.41, 5.74) is 3.39. The Morgan fingerprint density at radius 2 is 1.72 bits per heavy atom. The maximum absolute atomic E-state index is 12.8. The Kier molecular flexibility index (Phi) is 8.82. The Balaban J connectivity index is 1.51. The summed E-state index contributed by atoms with van der Waals surface area (Å²) in [7, 11) is 0. The van der Waals surface area contributed by atoms with Crippen molar-refractivity contribution in [2.45, 2.75) is 39.2 Å². The van der Waals surface area contributed by atoms with Crippen LogP contribution in [0.5, 0.6) is 0 Å². The Morgan fingerprint density at radius 1 is 0.969 bits per heavy atom. The summed E-state index contributed by atoms with van der Waals surface area (Å²) in [5.74, 6) is -0.0832. The zero-order valence-corrected chi connectivity index (χ0v) is 18.9. The molecule has 0 radical (unpaired) electrons. The first-order valence-electron chi connectivity index (χ1n) is 11.4. The zero-order chi connectivity index (χ0) is 22.8. The highest BCUT2D eigenvalue weighted by molar-refractivity contribution is 5.95. The topological polar surface area (TPSA) is 67.7 Å². The molecule has 6 nitrogen and oxygen atoms in total. The molecule has 0 aromatic heterocycles. The molecule has 2 aromatic carbocycles. The first kappa shape index (κ1) is 23.5. The van der Waals surface area contributed by atoms with Crippen LogP contribution in [0.1, 0.15) is 36.8 Å². The second-order valence-electron chi connectivity index (χ2n) is 8.23. The maximum atomic E-state index is 12.8. The fourth-order valence-corrected chi connectivity index (χ4v) is 4.08. The molecule has 0 atom stereocenters. The highest BCUT2D eigenvalue weighted by Crippen LogP contribution is 2.17. The van der Waals surface area contributed by atoms with E-state index in [0.717, 1.165) is 38.3 Å². The van der Waals surface area contributed by atoms with E-state index < -0.39 is 0 Å². The van der Waals surface area contributed by atoms with Crippen molar-refractivity contribution in [1.29, 1.82) is 5.26 Å². The average Bonchev–Trinajstić information content (AvgIpc) is 3.05. The van der Waals surface area contributed by atoms with Crippen LogP contribution in [-0.4, -0.2) is 54.3 Å². The molecule has 0 spiro atoms. The average molecular weight is 433 g/mol. The lowest BCUT2D eigenvalue weighted by atomic mass is 10.1. The lowest BCUT2D eigenvalue weighted by Crippen LogP contribution is -2.37. The van der Waals surface area contributed by atoms with Gasteiger partial charge >= 0.3 is 0 Å². The van der Waals surface area contributed by atoms with E-state index in [1.54, 1.807) is 4.90 Å². The highest BCUT2D eigenvalue weighted by atomic mass is 16.2. The number of amides is 2. The minimum Gasteiger partial charge on any atom is -0.341 e. The van der Waals surface area contributed by atoms with Crippen LogP contribution in [0.2, 0.25) is 0 Å². The van der Waals surface area contributed by atoms with Gasteiger partial charge in [0, 0.05) is 57.8 Å². The zero-order valence-electron chi connectivity index (χ0n) is 18.9. The number of hydrogen-bond donors (Lipinski definition) is 0. The van der Waals surface area contributed by atoms with Gasteiger partial charge in [0.2, 0.25) is 11.8 Å².